The number of piperidine rings is 1. The molecular weight excluding hydrogens is 288 g/mol. The van der Waals surface area contributed by atoms with E-state index >= 15 is 0 Å². The first-order valence-corrected chi connectivity index (χ1v) is 8.05. The average Bonchev–Trinajstić information content (AvgIpc) is 2.58. The third kappa shape index (κ3) is 2.80. The third-order valence-corrected chi connectivity index (χ3v) is 4.74. The molecule has 3 heterocycles. The van der Waals surface area contributed by atoms with Crippen LogP contribution in [0.15, 0.2) is 48.8 Å². The molecule has 1 aromatic heterocycles. The Kier molecular flexibility index (Phi) is 3.50. The lowest BCUT2D eigenvalue weighted by atomic mass is 9.92. The van der Waals surface area contributed by atoms with Crippen molar-refractivity contribution in [1.82, 2.24) is 15.2 Å². The normalized spacial score (nSPS) is 19.7. The summed E-state index contributed by atoms with van der Waals surface area (Å²) in [5, 5.41) is 6.74. The van der Waals surface area contributed by atoms with E-state index in [1.807, 2.05) is 36.5 Å². The van der Waals surface area contributed by atoms with E-state index in [-0.39, 0.29) is 11.6 Å². The van der Waals surface area contributed by atoms with E-state index in [2.05, 4.69) is 26.6 Å². The van der Waals surface area contributed by atoms with Crippen LogP contribution in [0, 0.1) is 0 Å². The van der Waals surface area contributed by atoms with E-state index in [9.17, 15) is 4.79 Å². The molecule has 4 rings (SSSR count). The molecule has 0 unspecified atom stereocenters. The lowest BCUT2D eigenvalue weighted by Gasteiger charge is -2.46. The highest BCUT2D eigenvalue weighted by Crippen LogP contribution is 2.31. The Bertz CT molecular complexity index is 708. The van der Waals surface area contributed by atoms with Crippen molar-refractivity contribution in [2.24, 2.45) is 0 Å². The van der Waals surface area contributed by atoms with Crippen molar-refractivity contribution >= 4 is 11.6 Å². The van der Waals surface area contributed by atoms with Gasteiger partial charge in [-0.25, -0.2) is 0 Å². The molecule has 2 aliphatic rings. The summed E-state index contributed by atoms with van der Waals surface area (Å²) in [7, 11) is 0. The van der Waals surface area contributed by atoms with Crippen molar-refractivity contribution in [3.05, 3.63) is 59.9 Å². The fraction of sp³-hybridized carbons (Fsp3) is 0.333. The predicted molar refractivity (Wildman–Crippen MR) is 89.0 cm³/mol. The van der Waals surface area contributed by atoms with Crippen molar-refractivity contribution in [2.45, 2.75) is 25.0 Å². The molecule has 0 radical (unpaired) electrons. The quantitative estimate of drug-likeness (QED) is 0.893. The van der Waals surface area contributed by atoms with Crippen molar-refractivity contribution in [1.29, 1.82) is 0 Å². The van der Waals surface area contributed by atoms with Gasteiger partial charge in [-0.05, 0) is 23.8 Å². The van der Waals surface area contributed by atoms with Crippen molar-refractivity contribution < 1.29 is 4.79 Å². The zero-order valence-corrected chi connectivity index (χ0v) is 13.0. The minimum Gasteiger partial charge on any atom is -0.362 e. The Morgan fingerprint density at radius 3 is 2.70 bits per heavy atom. The summed E-state index contributed by atoms with van der Waals surface area (Å²) < 4.78 is 0. The van der Waals surface area contributed by atoms with E-state index in [1.54, 1.807) is 6.20 Å². The van der Waals surface area contributed by atoms with E-state index in [0.717, 1.165) is 43.7 Å². The molecule has 2 N–H and O–H groups in total. The fourth-order valence-electron chi connectivity index (χ4n) is 3.46. The molecule has 5 nitrogen and oxygen atoms in total. The molecule has 0 bridgehead atoms. The first kappa shape index (κ1) is 14.2. The second-order valence-corrected chi connectivity index (χ2v) is 6.34. The van der Waals surface area contributed by atoms with Crippen LogP contribution in [0.4, 0.5) is 5.69 Å². The minimum atomic E-state index is -0.309. The Labute approximate surface area is 135 Å². The molecule has 1 spiro atoms. The van der Waals surface area contributed by atoms with Gasteiger partial charge in [0.15, 0.2) is 0 Å². The number of hydrogen-bond acceptors (Lipinski definition) is 4. The van der Waals surface area contributed by atoms with Gasteiger partial charge in [0, 0.05) is 50.6 Å². The number of nitrogens with zero attached hydrogens (tertiary/aromatic N) is 2. The molecule has 5 heteroatoms. The zero-order chi connectivity index (χ0) is 15.7. The molecule has 0 saturated carbocycles. The van der Waals surface area contributed by atoms with Gasteiger partial charge in [0.25, 0.3) is 5.91 Å². The maximum Gasteiger partial charge on any atom is 0.255 e. The first-order chi connectivity index (χ1) is 11.2. The molecule has 1 amide bonds. The Morgan fingerprint density at radius 2 is 1.91 bits per heavy atom. The molecule has 2 aliphatic heterocycles. The average molecular weight is 308 g/mol. The van der Waals surface area contributed by atoms with Crippen LogP contribution < -0.4 is 10.6 Å². The van der Waals surface area contributed by atoms with Gasteiger partial charge in [0.05, 0.1) is 5.56 Å². The van der Waals surface area contributed by atoms with E-state index in [1.165, 1.54) is 5.56 Å². The molecule has 2 aromatic rings. The molecule has 0 aliphatic carbocycles. The van der Waals surface area contributed by atoms with Crippen LogP contribution in [-0.2, 0) is 6.54 Å². The molecular formula is C18H20N4O. The van der Waals surface area contributed by atoms with Crippen LogP contribution in [0.25, 0.3) is 0 Å². The number of aromatic nitrogens is 1. The van der Waals surface area contributed by atoms with Crippen molar-refractivity contribution in [2.75, 3.05) is 18.4 Å². The second kappa shape index (κ2) is 5.66. The summed E-state index contributed by atoms with van der Waals surface area (Å²) in [6, 6.07) is 11.8. The number of benzene rings is 1. The van der Waals surface area contributed by atoms with Crippen LogP contribution in [0.1, 0.15) is 28.8 Å². The fourth-order valence-corrected chi connectivity index (χ4v) is 3.46. The smallest absolute Gasteiger partial charge is 0.255 e. The monoisotopic (exact) mass is 308 g/mol. The van der Waals surface area contributed by atoms with Crippen LogP contribution in [0.3, 0.4) is 0 Å². The lowest BCUT2D eigenvalue weighted by molar-refractivity contribution is 0.0822. The number of carbonyl (C=O) groups excluding carboxylic acids is 1. The summed E-state index contributed by atoms with van der Waals surface area (Å²) in [5.74, 6) is 0.0278. The molecule has 0 atom stereocenters. The SMILES string of the molecule is O=C1NC2(CCN(Cc3cccnc3)CC2)Nc2ccccc21. The Hall–Kier alpha value is -2.40. The van der Waals surface area contributed by atoms with Gasteiger partial charge < -0.3 is 10.6 Å². The lowest BCUT2D eigenvalue weighted by Crippen LogP contribution is -2.62. The number of pyridine rings is 1. The summed E-state index contributed by atoms with van der Waals surface area (Å²) in [5.41, 5.74) is 2.60. The Balaban J connectivity index is 1.44. The maximum atomic E-state index is 12.4. The number of para-hydroxylation sites is 1. The number of hydrogen-bond donors (Lipinski definition) is 2. The van der Waals surface area contributed by atoms with Gasteiger partial charge in [-0.2, -0.15) is 0 Å². The number of rotatable bonds is 2. The van der Waals surface area contributed by atoms with Crippen molar-refractivity contribution in [3.8, 4) is 0 Å². The topological polar surface area (TPSA) is 57.3 Å². The summed E-state index contributed by atoms with van der Waals surface area (Å²) in [6.45, 7) is 2.81. The minimum absolute atomic E-state index is 0.0278. The number of anilines is 1. The molecule has 23 heavy (non-hydrogen) atoms. The van der Waals surface area contributed by atoms with Crippen LogP contribution in [0.5, 0.6) is 0 Å². The molecule has 1 fully saturated rings. The van der Waals surface area contributed by atoms with E-state index < -0.39 is 0 Å². The summed E-state index contributed by atoms with van der Waals surface area (Å²) in [4.78, 5) is 18.9. The first-order valence-electron chi connectivity index (χ1n) is 8.05. The molecule has 1 aromatic carbocycles. The number of likely N-dealkylation sites (tertiary alicyclic amines) is 1. The number of fused-ring (bicyclic) bond motifs is 1. The Morgan fingerprint density at radius 1 is 1.09 bits per heavy atom. The van der Waals surface area contributed by atoms with Gasteiger partial charge in [-0.3, -0.25) is 14.7 Å². The number of amides is 1. The van der Waals surface area contributed by atoms with Crippen LogP contribution >= 0.6 is 0 Å². The second-order valence-electron chi connectivity index (χ2n) is 6.34. The standard InChI is InChI=1S/C18H20N4O/c23-17-15-5-1-2-6-16(15)20-18(21-17)7-10-22(11-8-18)13-14-4-3-9-19-12-14/h1-6,9,12,20H,7-8,10-11,13H2,(H,21,23). The maximum absolute atomic E-state index is 12.4. The molecule has 118 valence electrons. The number of nitrogens with one attached hydrogen (secondary N) is 2. The van der Waals surface area contributed by atoms with E-state index in [0.29, 0.717) is 0 Å². The van der Waals surface area contributed by atoms with E-state index in [4.69, 9.17) is 0 Å². The highest BCUT2D eigenvalue weighted by Gasteiger charge is 2.39. The predicted octanol–water partition coefficient (Wildman–Crippen LogP) is 2.23. The molecule has 1 saturated heterocycles. The van der Waals surface area contributed by atoms with Crippen LogP contribution in [-0.4, -0.2) is 34.5 Å². The zero-order valence-electron chi connectivity index (χ0n) is 13.0. The van der Waals surface area contributed by atoms with Gasteiger partial charge in [-0.15, -0.1) is 0 Å². The van der Waals surface area contributed by atoms with Crippen molar-refractivity contribution in [3.63, 3.8) is 0 Å². The summed E-state index contributed by atoms with van der Waals surface area (Å²) in [6.07, 6.45) is 5.51. The van der Waals surface area contributed by atoms with Gasteiger partial charge in [0.1, 0.15) is 5.66 Å². The van der Waals surface area contributed by atoms with Crippen LogP contribution in [0.2, 0.25) is 0 Å². The number of carbonyl (C=O) groups is 1. The highest BCUT2D eigenvalue weighted by molar-refractivity contribution is 6.02. The van der Waals surface area contributed by atoms with Gasteiger partial charge >= 0.3 is 0 Å². The highest BCUT2D eigenvalue weighted by atomic mass is 16.2. The summed E-state index contributed by atoms with van der Waals surface area (Å²) >= 11 is 0. The third-order valence-electron chi connectivity index (χ3n) is 4.74. The largest absolute Gasteiger partial charge is 0.362 e. The van der Waals surface area contributed by atoms with Gasteiger partial charge in [-0.1, -0.05) is 18.2 Å². The van der Waals surface area contributed by atoms with Gasteiger partial charge in [0.2, 0.25) is 0 Å².